The summed E-state index contributed by atoms with van der Waals surface area (Å²) < 4.78 is 0. The lowest BCUT2D eigenvalue weighted by atomic mass is 9.83. The summed E-state index contributed by atoms with van der Waals surface area (Å²) in [6, 6.07) is 44.0. The van der Waals surface area contributed by atoms with Crippen molar-refractivity contribution >= 4 is 27.8 Å². The number of aldehydes is 1. The molecule has 6 aromatic rings. The molecule has 0 N–H and O–H groups in total. The van der Waals surface area contributed by atoms with E-state index in [0.29, 0.717) is 0 Å². The van der Waals surface area contributed by atoms with E-state index in [1.165, 1.54) is 5.56 Å². The predicted octanol–water partition coefficient (Wildman–Crippen LogP) is 8.81. The van der Waals surface area contributed by atoms with E-state index in [4.69, 9.17) is 0 Å². The number of carbonyl (C=O) groups excluding carboxylic acids is 1. The molecule has 0 saturated carbocycles. The number of rotatable bonds is 4. The molecular formula is C33H22O. The maximum absolute atomic E-state index is 12.6. The Morgan fingerprint density at radius 2 is 0.971 bits per heavy atom. The van der Waals surface area contributed by atoms with Crippen LogP contribution >= 0.6 is 0 Å². The van der Waals surface area contributed by atoms with Crippen molar-refractivity contribution in [3.8, 4) is 33.4 Å². The molecule has 1 nitrogen and oxygen atoms in total. The third-order valence-corrected chi connectivity index (χ3v) is 6.54. The molecular weight excluding hydrogens is 412 g/mol. The van der Waals surface area contributed by atoms with Gasteiger partial charge in [0, 0.05) is 11.1 Å². The van der Waals surface area contributed by atoms with Gasteiger partial charge in [0.25, 0.3) is 0 Å². The van der Waals surface area contributed by atoms with Gasteiger partial charge >= 0.3 is 0 Å². The summed E-state index contributed by atoms with van der Waals surface area (Å²) in [6.45, 7) is 0. The third-order valence-electron chi connectivity index (χ3n) is 6.54. The second-order valence-electron chi connectivity index (χ2n) is 8.50. The zero-order chi connectivity index (χ0) is 22.9. The van der Waals surface area contributed by atoms with Crippen LogP contribution in [0.1, 0.15) is 10.4 Å². The highest BCUT2D eigenvalue weighted by molar-refractivity contribution is 6.25. The minimum atomic E-state index is 0.735. The maximum Gasteiger partial charge on any atom is 0.151 e. The first-order valence-corrected chi connectivity index (χ1v) is 11.5. The quantitative estimate of drug-likeness (QED) is 0.200. The van der Waals surface area contributed by atoms with E-state index in [1.807, 2.05) is 36.4 Å². The van der Waals surface area contributed by atoms with Gasteiger partial charge in [0.1, 0.15) is 0 Å². The Labute approximate surface area is 198 Å². The van der Waals surface area contributed by atoms with Crippen molar-refractivity contribution in [2.24, 2.45) is 0 Å². The first-order chi connectivity index (χ1) is 16.8. The molecule has 0 unspecified atom stereocenters. The van der Waals surface area contributed by atoms with Gasteiger partial charge in [0.2, 0.25) is 0 Å². The molecule has 160 valence electrons. The average molecular weight is 435 g/mol. The first kappa shape index (κ1) is 20.1. The SMILES string of the molecule is O=Cc1c(-c2ccccc2)c2c(-c3ccccc3)cc(-c3ccccc3)cc2c2ccccc12. The smallest absolute Gasteiger partial charge is 0.151 e. The van der Waals surface area contributed by atoms with Gasteiger partial charge in [-0.25, -0.2) is 0 Å². The van der Waals surface area contributed by atoms with Crippen molar-refractivity contribution < 1.29 is 4.79 Å². The van der Waals surface area contributed by atoms with Crippen LogP contribution in [0.5, 0.6) is 0 Å². The fraction of sp³-hybridized carbons (Fsp3) is 0. The topological polar surface area (TPSA) is 17.1 Å². The molecule has 0 aliphatic heterocycles. The van der Waals surface area contributed by atoms with Crippen LogP contribution in [0, 0.1) is 0 Å². The average Bonchev–Trinajstić information content (AvgIpc) is 2.93. The van der Waals surface area contributed by atoms with Gasteiger partial charge in [-0.2, -0.15) is 0 Å². The Morgan fingerprint density at radius 3 is 1.59 bits per heavy atom. The Balaban J connectivity index is 1.87. The van der Waals surface area contributed by atoms with Crippen LogP contribution in [0.25, 0.3) is 54.9 Å². The van der Waals surface area contributed by atoms with E-state index in [2.05, 4.69) is 91.0 Å². The number of benzene rings is 6. The van der Waals surface area contributed by atoms with Crippen LogP contribution in [0.3, 0.4) is 0 Å². The summed E-state index contributed by atoms with van der Waals surface area (Å²) in [7, 11) is 0. The number of carbonyl (C=O) groups is 1. The highest BCUT2D eigenvalue weighted by atomic mass is 16.1. The molecule has 0 spiro atoms. The van der Waals surface area contributed by atoms with Crippen molar-refractivity contribution in [1.82, 2.24) is 0 Å². The summed E-state index contributed by atoms with van der Waals surface area (Å²) in [4.78, 5) is 12.6. The normalized spacial score (nSPS) is 11.1. The van der Waals surface area contributed by atoms with Crippen molar-refractivity contribution in [3.05, 3.63) is 133 Å². The second-order valence-corrected chi connectivity index (χ2v) is 8.50. The molecule has 6 rings (SSSR count). The Hall–Kier alpha value is -4.49. The van der Waals surface area contributed by atoms with Crippen LogP contribution in [0.2, 0.25) is 0 Å². The summed E-state index contributed by atoms with van der Waals surface area (Å²) >= 11 is 0. The van der Waals surface area contributed by atoms with E-state index in [-0.39, 0.29) is 0 Å². The van der Waals surface area contributed by atoms with Crippen LogP contribution < -0.4 is 0 Å². The van der Waals surface area contributed by atoms with Crippen LogP contribution in [0.4, 0.5) is 0 Å². The molecule has 0 fully saturated rings. The molecule has 0 aliphatic rings. The van der Waals surface area contributed by atoms with Gasteiger partial charge in [-0.05, 0) is 61.5 Å². The molecule has 34 heavy (non-hydrogen) atoms. The molecule has 0 radical (unpaired) electrons. The lowest BCUT2D eigenvalue weighted by Gasteiger charge is -2.19. The molecule has 0 atom stereocenters. The van der Waals surface area contributed by atoms with Gasteiger partial charge in [-0.3, -0.25) is 4.79 Å². The second kappa shape index (κ2) is 8.46. The molecule has 1 heteroatoms. The monoisotopic (exact) mass is 434 g/mol. The Bertz CT molecular complexity index is 1630. The van der Waals surface area contributed by atoms with Crippen LogP contribution in [-0.4, -0.2) is 6.29 Å². The molecule has 6 aromatic carbocycles. The minimum Gasteiger partial charge on any atom is -0.298 e. The van der Waals surface area contributed by atoms with Gasteiger partial charge < -0.3 is 0 Å². The van der Waals surface area contributed by atoms with Crippen molar-refractivity contribution in [3.63, 3.8) is 0 Å². The van der Waals surface area contributed by atoms with Crippen molar-refractivity contribution in [1.29, 1.82) is 0 Å². The van der Waals surface area contributed by atoms with Crippen molar-refractivity contribution in [2.45, 2.75) is 0 Å². The third kappa shape index (κ3) is 3.30. The van der Waals surface area contributed by atoms with Crippen LogP contribution in [0.15, 0.2) is 127 Å². The van der Waals surface area contributed by atoms with Crippen LogP contribution in [-0.2, 0) is 0 Å². The fourth-order valence-electron chi connectivity index (χ4n) is 5.02. The predicted molar refractivity (Wildman–Crippen MR) is 143 cm³/mol. The van der Waals surface area contributed by atoms with Gasteiger partial charge in [0.15, 0.2) is 6.29 Å². The van der Waals surface area contributed by atoms with E-state index in [1.54, 1.807) is 0 Å². The molecule has 0 aliphatic carbocycles. The first-order valence-electron chi connectivity index (χ1n) is 11.5. The molecule has 0 amide bonds. The standard InChI is InChI=1S/C33H22O/c34-22-31-28-19-11-10-18-27(28)30-21-26(23-12-4-1-5-13-23)20-29(24-14-6-2-7-15-24)33(30)32(31)25-16-8-3-9-17-25/h1-22H. The van der Waals surface area contributed by atoms with E-state index in [9.17, 15) is 4.79 Å². The lowest BCUT2D eigenvalue weighted by molar-refractivity contribution is 0.112. The Kier molecular flexibility index (Phi) is 5.01. The van der Waals surface area contributed by atoms with E-state index in [0.717, 1.165) is 61.2 Å². The molecule has 0 aromatic heterocycles. The largest absolute Gasteiger partial charge is 0.298 e. The molecule has 0 bridgehead atoms. The minimum absolute atomic E-state index is 0.735. The van der Waals surface area contributed by atoms with Gasteiger partial charge in [-0.15, -0.1) is 0 Å². The summed E-state index contributed by atoms with van der Waals surface area (Å²) in [5.41, 5.74) is 7.37. The molecule has 0 heterocycles. The van der Waals surface area contributed by atoms with E-state index < -0.39 is 0 Å². The molecule has 0 saturated heterocycles. The number of fused-ring (bicyclic) bond motifs is 3. The fourth-order valence-corrected chi connectivity index (χ4v) is 5.02. The van der Waals surface area contributed by atoms with Gasteiger partial charge in [0.05, 0.1) is 0 Å². The highest BCUT2D eigenvalue weighted by Gasteiger charge is 2.20. The van der Waals surface area contributed by atoms with Gasteiger partial charge in [-0.1, -0.05) is 115 Å². The zero-order valence-electron chi connectivity index (χ0n) is 18.6. The number of hydrogen-bond acceptors (Lipinski definition) is 1. The summed E-state index contributed by atoms with van der Waals surface area (Å²) in [5, 5.41) is 4.33. The summed E-state index contributed by atoms with van der Waals surface area (Å²) in [6.07, 6.45) is 1.02. The maximum atomic E-state index is 12.6. The van der Waals surface area contributed by atoms with E-state index >= 15 is 0 Å². The van der Waals surface area contributed by atoms with Crippen molar-refractivity contribution in [2.75, 3.05) is 0 Å². The summed E-state index contributed by atoms with van der Waals surface area (Å²) in [5.74, 6) is 0. The zero-order valence-corrected chi connectivity index (χ0v) is 18.6. The highest BCUT2D eigenvalue weighted by Crippen LogP contribution is 2.45. The lowest BCUT2D eigenvalue weighted by Crippen LogP contribution is -1.96. The number of hydrogen-bond donors (Lipinski definition) is 0. The Morgan fingerprint density at radius 1 is 0.441 bits per heavy atom.